The van der Waals surface area contributed by atoms with Gasteiger partial charge < -0.3 is 18.9 Å². The Morgan fingerprint density at radius 3 is 1.92 bits per heavy atom. The van der Waals surface area contributed by atoms with Crippen molar-refractivity contribution in [1.29, 1.82) is 0 Å². The lowest BCUT2D eigenvalue weighted by atomic mass is 9.82. The van der Waals surface area contributed by atoms with Crippen molar-refractivity contribution in [2.45, 2.75) is 46.5 Å². The number of carbonyl (C=O) groups is 2. The summed E-state index contributed by atoms with van der Waals surface area (Å²) in [4.78, 5) is 24.5. The molecule has 6 nitrogen and oxygen atoms in total. The van der Waals surface area contributed by atoms with Crippen LogP contribution in [-0.2, 0) is 28.5 Å². The summed E-state index contributed by atoms with van der Waals surface area (Å²) in [6.07, 6.45) is 3.20. The van der Waals surface area contributed by atoms with Gasteiger partial charge in [-0.05, 0) is 51.4 Å². The van der Waals surface area contributed by atoms with Crippen LogP contribution < -0.4 is 0 Å². The average Bonchev–Trinajstić information content (AvgIpc) is 2.66. The van der Waals surface area contributed by atoms with E-state index in [9.17, 15) is 9.59 Å². The summed E-state index contributed by atoms with van der Waals surface area (Å²) in [5.74, 6) is -0.0483. The van der Waals surface area contributed by atoms with Gasteiger partial charge in [-0.25, -0.2) is 0 Å². The number of hydrogen-bond acceptors (Lipinski definition) is 6. The van der Waals surface area contributed by atoms with Crippen molar-refractivity contribution in [1.82, 2.24) is 0 Å². The summed E-state index contributed by atoms with van der Waals surface area (Å²) in [6.45, 7) is 9.31. The lowest BCUT2D eigenvalue weighted by Crippen LogP contribution is -2.35. The lowest BCUT2D eigenvalue weighted by Gasteiger charge is -2.30. The summed E-state index contributed by atoms with van der Waals surface area (Å²) in [6, 6.07) is 0. The maximum absolute atomic E-state index is 11.4. The quantitative estimate of drug-likeness (QED) is 0.355. The number of hydrogen-bond donors (Lipinski definition) is 0. The third kappa shape index (κ3) is 9.75. The molecule has 7 heteroatoms. The van der Waals surface area contributed by atoms with E-state index in [-0.39, 0.29) is 23.3 Å². The van der Waals surface area contributed by atoms with Gasteiger partial charge in [0.2, 0.25) is 0 Å². The molecule has 0 N–H and O–H groups in total. The van der Waals surface area contributed by atoms with Gasteiger partial charge in [0.15, 0.2) is 0 Å². The fraction of sp³-hybridized carbons (Fsp3) is 0.889. The average molecular weight is 472 g/mol. The van der Waals surface area contributed by atoms with Crippen LogP contribution in [0, 0.1) is 11.3 Å². The minimum atomic E-state index is -0.297. The van der Waals surface area contributed by atoms with E-state index in [1.165, 1.54) is 0 Å². The van der Waals surface area contributed by atoms with Gasteiger partial charge in [-0.2, -0.15) is 0 Å². The van der Waals surface area contributed by atoms with Crippen molar-refractivity contribution < 1.29 is 28.5 Å². The fourth-order valence-corrected chi connectivity index (χ4v) is 2.52. The maximum Gasteiger partial charge on any atom is 0.311 e. The normalized spacial score (nSPS) is 19.4. The molecule has 2 saturated heterocycles. The Hall–Kier alpha value is -0.410. The van der Waals surface area contributed by atoms with Crippen LogP contribution in [-0.4, -0.2) is 56.5 Å². The summed E-state index contributed by atoms with van der Waals surface area (Å²) >= 11 is 2.15. The van der Waals surface area contributed by atoms with Gasteiger partial charge in [-0.15, -0.1) is 0 Å². The van der Waals surface area contributed by atoms with Gasteiger partial charge in [0.1, 0.15) is 0 Å². The molecule has 2 fully saturated rings. The SMILES string of the molecule is CCOC(=O)C1(C)CCOCC1.CCOC(=O)C1CCOCC1.CI. The molecule has 2 aliphatic rings. The molecular weight excluding hydrogens is 439 g/mol. The van der Waals surface area contributed by atoms with Crippen molar-refractivity contribution in [2.75, 3.05) is 44.6 Å². The first kappa shape index (κ1) is 24.6. The van der Waals surface area contributed by atoms with Crippen LogP contribution >= 0.6 is 22.6 Å². The first-order valence-electron chi connectivity index (χ1n) is 8.90. The highest BCUT2D eigenvalue weighted by molar-refractivity contribution is 14.1. The zero-order valence-electron chi connectivity index (χ0n) is 16.0. The van der Waals surface area contributed by atoms with Crippen molar-refractivity contribution >= 4 is 34.5 Å². The minimum Gasteiger partial charge on any atom is -0.466 e. The molecule has 0 spiro atoms. The second kappa shape index (κ2) is 14.7. The van der Waals surface area contributed by atoms with E-state index in [0.717, 1.165) is 25.7 Å². The monoisotopic (exact) mass is 472 g/mol. The highest BCUT2D eigenvalue weighted by Crippen LogP contribution is 2.30. The van der Waals surface area contributed by atoms with Gasteiger partial charge in [-0.1, -0.05) is 22.6 Å². The Labute approximate surface area is 165 Å². The highest BCUT2D eigenvalue weighted by atomic mass is 127. The predicted molar refractivity (Wildman–Crippen MR) is 105 cm³/mol. The zero-order chi connectivity index (χ0) is 19.1. The Balaban J connectivity index is 0.000000421. The molecule has 0 saturated carbocycles. The molecule has 0 aromatic heterocycles. The molecule has 25 heavy (non-hydrogen) atoms. The van der Waals surface area contributed by atoms with Crippen LogP contribution in [0.15, 0.2) is 0 Å². The van der Waals surface area contributed by atoms with Crippen molar-refractivity contribution in [3.63, 3.8) is 0 Å². The van der Waals surface area contributed by atoms with Crippen LogP contribution in [0.4, 0.5) is 0 Å². The Kier molecular flexibility index (Phi) is 14.5. The molecule has 0 aromatic rings. The van der Waals surface area contributed by atoms with Crippen LogP contribution in [0.5, 0.6) is 0 Å². The second-order valence-corrected chi connectivity index (χ2v) is 6.03. The molecule has 2 aliphatic heterocycles. The molecule has 0 aliphatic carbocycles. The summed E-state index contributed by atoms with van der Waals surface area (Å²) in [5, 5.41) is 0. The molecule has 0 radical (unpaired) electrons. The molecule has 0 aromatic carbocycles. The molecule has 2 rings (SSSR count). The predicted octanol–water partition coefficient (Wildman–Crippen LogP) is 3.39. The Bertz CT molecular complexity index is 363. The molecule has 0 atom stereocenters. The summed E-state index contributed by atoms with van der Waals surface area (Å²) in [7, 11) is 0. The van der Waals surface area contributed by atoms with Crippen molar-refractivity contribution in [2.24, 2.45) is 11.3 Å². The van der Waals surface area contributed by atoms with E-state index < -0.39 is 0 Å². The van der Waals surface area contributed by atoms with Crippen LogP contribution in [0.25, 0.3) is 0 Å². The van der Waals surface area contributed by atoms with E-state index in [2.05, 4.69) is 22.6 Å². The van der Waals surface area contributed by atoms with Crippen molar-refractivity contribution in [3.05, 3.63) is 0 Å². The van der Waals surface area contributed by atoms with E-state index in [0.29, 0.717) is 39.6 Å². The van der Waals surface area contributed by atoms with Crippen LogP contribution in [0.3, 0.4) is 0 Å². The van der Waals surface area contributed by atoms with E-state index in [4.69, 9.17) is 18.9 Å². The van der Waals surface area contributed by atoms with Crippen LogP contribution in [0.2, 0.25) is 0 Å². The lowest BCUT2D eigenvalue weighted by molar-refractivity contribution is -0.159. The summed E-state index contributed by atoms with van der Waals surface area (Å²) < 4.78 is 20.2. The van der Waals surface area contributed by atoms with Crippen LogP contribution in [0.1, 0.15) is 46.5 Å². The highest BCUT2D eigenvalue weighted by Gasteiger charge is 2.36. The topological polar surface area (TPSA) is 71.1 Å². The van der Waals surface area contributed by atoms with Gasteiger partial charge in [0.25, 0.3) is 0 Å². The largest absolute Gasteiger partial charge is 0.466 e. The molecule has 0 unspecified atom stereocenters. The number of ether oxygens (including phenoxy) is 4. The molecule has 0 amide bonds. The molecular formula is C18H33IO6. The Morgan fingerprint density at radius 2 is 1.44 bits per heavy atom. The summed E-state index contributed by atoms with van der Waals surface area (Å²) in [5.41, 5.74) is -0.297. The van der Waals surface area contributed by atoms with E-state index in [1.807, 2.05) is 25.7 Å². The van der Waals surface area contributed by atoms with Gasteiger partial charge in [0.05, 0.1) is 24.5 Å². The number of alkyl halides is 1. The maximum atomic E-state index is 11.4. The number of halogens is 1. The van der Waals surface area contributed by atoms with E-state index >= 15 is 0 Å². The van der Waals surface area contributed by atoms with Gasteiger partial charge in [0, 0.05) is 26.4 Å². The number of carbonyl (C=O) groups excluding carboxylic acids is 2. The Morgan fingerprint density at radius 1 is 0.960 bits per heavy atom. The standard InChI is InChI=1S/C9H16O3.C8H14O3.CH3I/c1-3-12-8(10)9(2)4-6-11-7-5-9;1-2-11-8(9)7-3-5-10-6-4-7;1-2/h3-7H2,1-2H3;7H,2-6H2,1H3;1H3. The second-order valence-electron chi connectivity index (χ2n) is 6.03. The fourth-order valence-electron chi connectivity index (χ4n) is 2.52. The molecule has 2 heterocycles. The molecule has 0 bridgehead atoms. The van der Waals surface area contributed by atoms with Gasteiger partial charge in [-0.3, -0.25) is 9.59 Å². The third-order valence-electron chi connectivity index (χ3n) is 4.21. The number of rotatable bonds is 4. The third-order valence-corrected chi connectivity index (χ3v) is 4.21. The molecule has 148 valence electrons. The first-order valence-corrected chi connectivity index (χ1v) is 11.1. The first-order chi connectivity index (χ1) is 12.0. The zero-order valence-corrected chi connectivity index (χ0v) is 18.1. The number of esters is 2. The van der Waals surface area contributed by atoms with Crippen molar-refractivity contribution in [3.8, 4) is 0 Å². The smallest absolute Gasteiger partial charge is 0.311 e. The minimum absolute atomic E-state index is 0.0594. The van der Waals surface area contributed by atoms with Gasteiger partial charge >= 0.3 is 11.9 Å². The van der Waals surface area contributed by atoms with E-state index in [1.54, 1.807) is 0 Å².